The average molecular weight is 239 g/mol. The molecular formula is C12H21N3O2. The minimum atomic E-state index is 0.289. The second-order valence-corrected chi connectivity index (χ2v) is 4.45. The standard InChI is InChI=1S/C12H21N3O2/c1-3-15-4-5-16-12(9-15)8-13-7-11-6-10(2)17-14-11/h6,12-13H,3-5,7-9H2,1-2H3. The molecule has 0 aromatic carbocycles. The first kappa shape index (κ1) is 12.5. The van der Waals surface area contributed by atoms with Crippen molar-refractivity contribution in [3.8, 4) is 0 Å². The maximum atomic E-state index is 5.71. The van der Waals surface area contributed by atoms with Gasteiger partial charge >= 0.3 is 0 Å². The van der Waals surface area contributed by atoms with Gasteiger partial charge in [-0.1, -0.05) is 12.1 Å². The van der Waals surface area contributed by atoms with Crippen LogP contribution in [-0.4, -0.2) is 48.9 Å². The Kier molecular flexibility index (Phi) is 4.53. The molecule has 0 saturated carbocycles. The van der Waals surface area contributed by atoms with Gasteiger partial charge < -0.3 is 14.6 Å². The molecule has 96 valence electrons. The fourth-order valence-corrected chi connectivity index (χ4v) is 2.05. The lowest BCUT2D eigenvalue weighted by Gasteiger charge is -2.32. The maximum Gasteiger partial charge on any atom is 0.133 e. The molecule has 1 aromatic rings. The summed E-state index contributed by atoms with van der Waals surface area (Å²) in [6.07, 6.45) is 0.289. The van der Waals surface area contributed by atoms with Crippen LogP contribution in [0.2, 0.25) is 0 Å². The highest BCUT2D eigenvalue weighted by Gasteiger charge is 2.18. The Bertz CT molecular complexity index is 340. The van der Waals surface area contributed by atoms with Crippen LogP contribution in [0, 0.1) is 6.92 Å². The van der Waals surface area contributed by atoms with Gasteiger partial charge in [0.25, 0.3) is 0 Å². The molecule has 1 aliphatic heterocycles. The number of likely N-dealkylation sites (N-methyl/N-ethyl adjacent to an activating group) is 1. The average Bonchev–Trinajstić information content (AvgIpc) is 2.75. The van der Waals surface area contributed by atoms with Crippen LogP contribution in [0.5, 0.6) is 0 Å². The molecule has 5 heteroatoms. The van der Waals surface area contributed by atoms with Crippen molar-refractivity contribution in [2.24, 2.45) is 0 Å². The van der Waals surface area contributed by atoms with E-state index in [9.17, 15) is 0 Å². The fourth-order valence-electron chi connectivity index (χ4n) is 2.05. The maximum absolute atomic E-state index is 5.71. The van der Waals surface area contributed by atoms with E-state index in [0.29, 0.717) is 0 Å². The van der Waals surface area contributed by atoms with E-state index in [2.05, 4.69) is 22.3 Å². The molecule has 0 aliphatic carbocycles. The molecule has 0 radical (unpaired) electrons. The molecular weight excluding hydrogens is 218 g/mol. The van der Waals surface area contributed by atoms with Crippen LogP contribution in [-0.2, 0) is 11.3 Å². The van der Waals surface area contributed by atoms with Gasteiger partial charge in [-0.05, 0) is 13.5 Å². The highest BCUT2D eigenvalue weighted by atomic mass is 16.5. The van der Waals surface area contributed by atoms with Gasteiger partial charge in [-0.15, -0.1) is 0 Å². The third kappa shape index (κ3) is 3.80. The molecule has 1 aliphatic rings. The van der Waals surface area contributed by atoms with Gasteiger partial charge in [0.05, 0.1) is 18.4 Å². The number of rotatable bonds is 5. The van der Waals surface area contributed by atoms with Crippen LogP contribution < -0.4 is 5.32 Å². The number of aromatic nitrogens is 1. The molecule has 0 bridgehead atoms. The van der Waals surface area contributed by atoms with Crippen LogP contribution in [0.3, 0.4) is 0 Å². The zero-order chi connectivity index (χ0) is 12.1. The van der Waals surface area contributed by atoms with E-state index in [1.165, 1.54) is 0 Å². The molecule has 17 heavy (non-hydrogen) atoms. The van der Waals surface area contributed by atoms with Crippen LogP contribution in [0.25, 0.3) is 0 Å². The molecule has 1 saturated heterocycles. The fraction of sp³-hybridized carbons (Fsp3) is 0.750. The SMILES string of the molecule is CCN1CCOC(CNCc2cc(C)on2)C1. The predicted molar refractivity (Wildman–Crippen MR) is 64.8 cm³/mol. The molecule has 5 nitrogen and oxygen atoms in total. The molecule has 1 fully saturated rings. The molecule has 0 amide bonds. The van der Waals surface area contributed by atoms with Gasteiger partial charge in [0.2, 0.25) is 0 Å². The normalized spacial score (nSPS) is 21.9. The quantitative estimate of drug-likeness (QED) is 0.823. The van der Waals surface area contributed by atoms with Gasteiger partial charge in [0.15, 0.2) is 0 Å². The lowest BCUT2D eigenvalue weighted by molar-refractivity contribution is -0.0254. The smallest absolute Gasteiger partial charge is 0.133 e. The molecule has 2 heterocycles. The van der Waals surface area contributed by atoms with E-state index in [4.69, 9.17) is 9.26 Å². The summed E-state index contributed by atoms with van der Waals surface area (Å²) < 4.78 is 10.7. The monoisotopic (exact) mass is 239 g/mol. The van der Waals surface area contributed by atoms with Crippen molar-refractivity contribution >= 4 is 0 Å². The third-order valence-electron chi connectivity index (χ3n) is 3.03. The minimum absolute atomic E-state index is 0.289. The van der Waals surface area contributed by atoms with Crippen LogP contribution >= 0.6 is 0 Å². The zero-order valence-electron chi connectivity index (χ0n) is 10.6. The van der Waals surface area contributed by atoms with Crippen molar-refractivity contribution < 1.29 is 9.26 Å². The molecule has 1 atom stereocenters. The number of hydrogen-bond acceptors (Lipinski definition) is 5. The number of morpholine rings is 1. The van der Waals surface area contributed by atoms with Crippen LogP contribution in [0.4, 0.5) is 0 Å². The Morgan fingerprint density at radius 2 is 2.47 bits per heavy atom. The van der Waals surface area contributed by atoms with Gasteiger partial charge in [-0.25, -0.2) is 0 Å². The lowest BCUT2D eigenvalue weighted by atomic mass is 10.2. The predicted octanol–water partition coefficient (Wildman–Crippen LogP) is 0.793. The number of nitrogens with zero attached hydrogens (tertiary/aromatic N) is 2. The highest BCUT2D eigenvalue weighted by molar-refractivity contribution is 5.02. The van der Waals surface area contributed by atoms with E-state index >= 15 is 0 Å². The number of nitrogens with one attached hydrogen (secondary N) is 1. The second kappa shape index (κ2) is 6.14. The van der Waals surface area contributed by atoms with Gasteiger partial charge in [-0.2, -0.15) is 0 Å². The Labute approximate surface area is 102 Å². The highest BCUT2D eigenvalue weighted by Crippen LogP contribution is 2.05. The summed E-state index contributed by atoms with van der Waals surface area (Å²) >= 11 is 0. The lowest BCUT2D eigenvalue weighted by Crippen LogP contribution is -2.46. The first-order chi connectivity index (χ1) is 8.28. The number of hydrogen-bond donors (Lipinski definition) is 1. The Balaban J connectivity index is 1.68. The van der Waals surface area contributed by atoms with E-state index in [0.717, 1.165) is 50.8 Å². The number of ether oxygens (including phenoxy) is 1. The van der Waals surface area contributed by atoms with E-state index in [1.54, 1.807) is 0 Å². The molecule has 1 N–H and O–H groups in total. The summed E-state index contributed by atoms with van der Waals surface area (Å²) in [6, 6.07) is 1.95. The Hall–Kier alpha value is -0.910. The summed E-state index contributed by atoms with van der Waals surface area (Å²) in [5, 5.41) is 7.30. The van der Waals surface area contributed by atoms with Gasteiger partial charge in [0, 0.05) is 32.2 Å². The minimum Gasteiger partial charge on any atom is -0.374 e. The van der Waals surface area contributed by atoms with Crippen molar-refractivity contribution in [3.05, 3.63) is 17.5 Å². The third-order valence-corrected chi connectivity index (χ3v) is 3.03. The first-order valence-electron chi connectivity index (χ1n) is 6.24. The first-order valence-corrected chi connectivity index (χ1v) is 6.24. The van der Waals surface area contributed by atoms with Crippen LogP contribution in [0.15, 0.2) is 10.6 Å². The summed E-state index contributed by atoms with van der Waals surface area (Å²) in [6.45, 7) is 9.70. The van der Waals surface area contributed by atoms with Crippen molar-refractivity contribution in [1.29, 1.82) is 0 Å². The van der Waals surface area contributed by atoms with Crippen LogP contribution in [0.1, 0.15) is 18.4 Å². The molecule has 1 unspecified atom stereocenters. The topological polar surface area (TPSA) is 50.5 Å². The zero-order valence-corrected chi connectivity index (χ0v) is 10.6. The Morgan fingerprint density at radius 3 is 3.18 bits per heavy atom. The van der Waals surface area contributed by atoms with Crippen molar-refractivity contribution in [1.82, 2.24) is 15.4 Å². The summed E-state index contributed by atoms with van der Waals surface area (Å²) in [5.41, 5.74) is 0.950. The van der Waals surface area contributed by atoms with Crippen molar-refractivity contribution in [3.63, 3.8) is 0 Å². The number of aryl methyl sites for hydroxylation is 1. The van der Waals surface area contributed by atoms with Gasteiger partial charge in [-0.3, -0.25) is 4.90 Å². The summed E-state index contributed by atoms with van der Waals surface area (Å²) in [7, 11) is 0. The molecule has 2 rings (SSSR count). The van der Waals surface area contributed by atoms with E-state index in [-0.39, 0.29) is 6.10 Å². The summed E-state index contributed by atoms with van der Waals surface area (Å²) in [5.74, 6) is 0.855. The molecule has 1 aromatic heterocycles. The van der Waals surface area contributed by atoms with E-state index < -0.39 is 0 Å². The largest absolute Gasteiger partial charge is 0.374 e. The van der Waals surface area contributed by atoms with Crippen molar-refractivity contribution in [2.45, 2.75) is 26.5 Å². The Morgan fingerprint density at radius 1 is 1.59 bits per heavy atom. The van der Waals surface area contributed by atoms with Crippen molar-refractivity contribution in [2.75, 3.05) is 32.8 Å². The molecule has 0 spiro atoms. The van der Waals surface area contributed by atoms with E-state index in [1.807, 2.05) is 13.0 Å². The van der Waals surface area contributed by atoms with Gasteiger partial charge in [0.1, 0.15) is 5.76 Å². The second-order valence-electron chi connectivity index (χ2n) is 4.45. The summed E-state index contributed by atoms with van der Waals surface area (Å²) in [4.78, 5) is 2.41.